The van der Waals surface area contributed by atoms with Crippen LogP contribution in [0.3, 0.4) is 0 Å². The molecule has 0 amide bonds. The van der Waals surface area contributed by atoms with E-state index in [0.717, 1.165) is 22.9 Å². The van der Waals surface area contributed by atoms with E-state index in [2.05, 4.69) is 81.6 Å². The molecule has 2 heterocycles. The standard InChI is InChI=1S/C14H14IN3S/c1-9-8-18-13(10(2)17-14(18)19-9)7-16-12-5-3-11(15)4-6-12/h3-6,8,16H,7H2,1-2H3. The highest BCUT2D eigenvalue weighted by molar-refractivity contribution is 14.1. The number of fused-ring (bicyclic) bond motifs is 1. The highest BCUT2D eigenvalue weighted by Gasteiger charge is 2.10. The second kappa shape index (κ2) is 5.13. The number of imidazole rings is 1. The number of anilines is 1. The maximum absolute atomic E-state index is 4.60. The van der Waals surface area contributed by atoms with E-state index in [1.54, 1.807) is 11.3 Å². The molecular formula is C14H14IN3S. The van der Waals surface area contributed by atoms with Crippen molar-refractivity contribution in [3.8, 4) is 0 Å². The van der Waals surface area contributed by atoms with Gasteiger partial charge in [0.1, 0.15) is 0 Å². The van der Waals surface area contributed by atoms with Crippen molar-refractivity contribution in [1.82, 2.24) is 9.38 Å². The largest absolute Gasteiger partial charge is 0.379 e. The fraction of sp³-hybridized carbons (Fsp3) is 0.214. The van der Waals surface area contributed by atoms with Crippen LogP contribution in [0.4, 0.5) is 5.69 Å². The van der Waals surface area contributed by atoms with Crippen molar-refractivity contribution in [3.05, 3.63) is 50.3 Å². The summed E-state index contributed by atoms with van der Waals surface area (Å²) in [6.45, 7) is 4.98. The second-order valence-corrected chi connectivity index (χ2v) is 6.96. The van der Waals surface area contributed by atoms with Crippen LogP contribution in [0.25, 0.3) is 4.96 Å². The van der Waals surface area contributed by atoms with Crippen molar-refractivity contribution in [2.45, 2.75) is 20.4 Å². The molecule has 1 aromatic carbocycles. The zero-order valence-corrected chi connectivity index (χ0v) is 13.7. The van der Waals surface area contributed by atoms with E-state index < -0.39 is 0 Å². The van der Waals surface area contributed by atoms with Crippen molar-refractivity contribution < 1.29 is 0 Å². The van der Waals surface area contributed by atoms with E-state index in [9.17, 15) is 0 Å². The number of halogens is 1. The van der Waals surface area contributed by atoms with Gasteiger partial charge in [-0.3, -0.25) is 4.40 Å². The molecule has 0 aliphatic rings. The van der Waals surface area contributed by atoms with Crippen LogP contribution in [0.1, 0.15) is 16.3 Å². The fourth-order valence-electron chi connectivity index (χ4n) is 2.08. The molecule has 0 radical (unpaired) electrons. The number of thiazole rings is 1. The molecule has 0 fully saturated rings. The first-order valence-corrected chi connectivity index (χ1v) is 7.96. The highest BCUT2D eigenvalue weighted by Crippen LogP contribution is 2.21. The van der Waals surface area contributed by atoms with Crippen LogP contribution in [0, 0.1) is 17.4 Å². The van der Waals surface area contributed by atoms with Crippen LogP contribution < -0.4 is 5.32 Å². The molecule has 1 N–H and O–H groups in total. The molecule has 3 nitrogen and oxygen atoms in total. The number of hydrogen-bond donors (Lipinski definition) is 1. The van der Waals surface area contributed by atoms with Gasteiger partial charge in [-0.25, -0.2) is 4.98 Å². The van der Waals surface area contributed by atoms with Crippen LogP contribution in [-0.2, 0) is 6.54 Å². The summed E-state index contributed by atoms with van der Waals surface area (Å²) in [5, 5.41) is 3.46. The maximum atomic E-state index is 4.60. The lowest BCUT2D eigenvalue weighted by molar-refractivity contribution is 0.991. The first kappa shape index (κ1) is 12.9. The second-order valence-electron chi connectivity index (χ2n) is 4.50. The molecule has 5 heteroatoms. The number of nitrogens with one attached hydrogen (secondary N) is 1. The Morgan fingerprint density at radius 3 is 2.74 bits per heavy atom. The van der Waals surface area contributed by atoms with Crippen LogP contribution >= 0.6 is 33.9 Å². The van der Waals surface area contributed by atoms with E-state index in [0.29, 0.717) is 0 Å². The first-order valence-electron chi connectivity index (χ1n) is 6.07. The lowest BCUT2D eigenvalue weighted by atomic mass is 10.3. The minimum atomic E-state index is 0.795. The highest BCUT2D eigenvalue weighted by atomic mass is 127. The van der Waals surface area contributed by atoms with Gasteiger partial charge < -0.3 is 5.32 Å². The lowest BCUT2D eigenvalue weighted by Crippen LogP contribution is -2.03. The summed E-state index contributed by atoms with van der Waals surface area (Å²) >= 11 is 4.05. The zero-order chi connectivity index (χ0) is 13.4. The molecular weight excluding hydrogens is 369 g/mol. The molecule has 0 bridgehead atoms. The Hall–Kier alpha value is -1.08. The third-order valence-electron chi connectivity index (χ3n) is 3.05. The summed E-state index contributed by atoms with van der Waals surface area (Å²) in [5.41, 5.74) is 3.48. The number of hydrogen-bond acceptors (Lipinski definition) is 3. The molecule has 0 unspecified atom stereocenters. The third-order valence-corrected chi connectivity index (χ3v) is 4.66. The van der Waals surface area contributed by atoms with Gasteiger partial charge in [0.25, 0.3) is 0 Å². The summed E-state index contributed by atoms with van der Waals surface area (Å²) in [4.78, 5) is 6.97. The van der Waals surface area contributed by atoms with Crippen LogP contribution in [-0.4, -0.2) is 9.38 Å². The van der Waals surface area contributed by atoms with E-state index in [-0.39, 0.29) is 0 Å². The summed E-state index contributed by atoms with van der Waals surface area (Å²) in [5.74, 6) is 0. The summed E-state index contributed by atoms with van der Waals surface area (Å²) in [6, 6.07) is 8.43. The van der Waals surface area contributed by atoms with Crippen molar-refractivity contribution in [3.63, 3.8) is 0 Å². The van der Waals surface area contributed by atoms with E-state index in [1.807, 2.05) is 0 Å². The number of benzene rings is 1. The van der Waals surface area contributed by atoms with Crippen molar-refractivity contribution in [2.24, 2.45) is 0 Å². The number of aromatic nitrogens is 2. The van der Waals surface area contributed by atoms with Gasteiger partial charge in [-0.05, 0) is 60.7 Å². The third kappa shape index (κ3) is 2.62. The quantitative estimate of drug-likeness (QED) is 0.686. The Kier molecular flexibility index (Phi) is 3.49. The smallest absolute Gasteiger partial charge is 0.194 e. The van der Waals surface area contributed by atoms with Gasteiger partial charge in [0.05, 0.1) is 17.9 Å². The Morgan fingerprint density at radius 1 is 1.26 bits per heavy atom. The zero-order valence-electron chi connectivity index (χ0n) is 10.8. The molecule has 0 aliphatic carbocycles. The van der Waals surface area contributed by atoms with Gasteiger partial charge in [-0.1, -0.05) is 0 Å². The average molecular weight is 383 g/mol. The van der Waals surface area contributed by atoms with Crippen LogP contribution in [0.2, 0.25) is 0 Å². The van der Waals surface area contributed by atoms with Gasteiger partial charge in [-0.2, -0.15) is 0 Å². The van der Waals surface area contributed by atoms with Crippen molar-refractivity contribution in [1.29, 1.82) is 0 Å². The molecule has 3 aromatic rings. The normalized spacial score (nSPS) is 11.1. The predicted molar refractivity (Wildman–Crippen MR) is 89.0 cm³/mol. The monoisotopic (exact) mass is 383 g/mol. The number of aryl methyl sites for hydroxylation is 2. The van der Waals surface area contributed by atoms with Gasteiger partial charge >= 0.3 is 0 Å². The van der Waals surface area contributed by atoms with Gasteiger partial charge in [0.15, 0.2) is 4.96 Å². The van der Waals surface area contributed by atoms with Gasteiger partial charge in [0.2, 0.25) is 0 Å². The van der Waals surface area contributed by atoms with Gasteiger partial charge in [-0.15, -0.1) is 11.3 Å². The first-order chi connectivity index (χ1) is 9.13. The van der Waals surface area contributed by atoms with E-state index in [1.165, 1.54) is 14.1 Å². The molecule has 2 aromatic heterocycles. The Balaban J connectivity index is 1.84. The summed E-state index contributed by atoms with van der Waals surface area (Å²) < 4.78 is 3.44. The maximum Gasteiger partial charge on any atom is 0.194 e. The predicted octanol–water partition coefficient (Wildman–Crippen LogP) is 4.23. The van der Waals surface area contributed by atoms with Crippen LogP contribution in [0.5, 0.6) is 0 Å². The topological polar surface area (TPSA) is 29.3 Å². The van der Waals surface area contributed by atoms with Crippen molar-refractivity contribution in [2.75, 3.05) is 5.32 Å². The average Bonchev–Trinajstić information content (AvgIpc) is 2.85. The van der Waals surface area contributed by atoms with Crippen molar-refractivity contribution >= 4 is 44.6 Å². The lowest BCUT2D eigenvalue weighted by Gasteiger charge is -2.06. The molecule has 0 atom stereocenters. The molecule has 0 aliphatic heterocycles. The summed E-state index contributed by atoms with van der Waals surface area (Å²) in [6.07, 6.45) is 2.16. The molecule has 98 valence electrons. The van der Waals surface area contributed by atoms with Gasteiger partial charge in [0, 0.05) is 20.3 Å². The molecule has 19 heavy (non-hydrogen) atoms. The number of nitrogens with zero attached hydrogens (tertiary/aromatic N) is 2. The van der Waals surface area contributed by atoms with E-state index in [4.69, 9.17) is 0 Å². The molecule has 0 saturated carbocycles. The Bertz CT molecular complexity index is 712. The Labute approximate surface area is 129 Å². The number of rotatable bonds is 3. The van der Waals surface area contributed by atoms with Crippen LogP contribution in [0.15, 0.2) is 30.5 Å². The summed E-state index contributed by atoms with van der Waals surface area (Å²) in [7, 11) is 0. The van der Waals surface area contributed by atoms with E-state index >= 15 is 0 Å². The fourth-order valence-corrected chi connectivity index (χ4v) is 3.33. The molecule has 0 spiro atoms. The minimum absolute atomic E-state index is 0.795. The molecule has 3 rings (SSSR count). The minimum Gasteiger partial charge on any atom is -0.379 e. The molecule has 0 saturated heterocycles. The SMILES string of the molecule is Cc1cn2c(CNc3ccc(I)cc3)c(C)nc2s1. The Morgan fingerprint density at radius 2 is 2.00 bits per heavy atom.